The molecule has 6 heteroatoms. The van der Waals surface area contributed by atoms with Crippen molar-refractivity contribution in [2.45, 2.75) is 6.42 Å². The molecule has 0 aromatic carbocycles. The predicted octanol–water partition coefficient (Wildman–Crippen LogP) is 0.259. The summed E-state index contributed by atoms with van der Waals surface area (Å²) in [6.07, 6.45) is 2.03. The van der Waals surface area contributed by atoms with Crippen LogP contribution in [0.1, 0.15) is 12.0 Å². The highest BCUT2D eigenvalue weighted by atomic mass is 16.4. The van der Waals surface area contributed by atoms with Crippen molar-refractivity contribution in [2.24, 2.45) is 5.92 Å². The first-order valence-corrected chi connectivity index (χ1v) is 4.92. The van der Waals surface area contributed by atoms with Gasteiger partial charge in [-0.25, -0.2) is 0 Å². The smallest absolute Gasteiger partial charge is 0.308 e. The second-order valence-corrected chi connectivity index (χ2v) is 3.65. The topological polar surface area (TPSA) is 90.1 Å². The van der Waals surface area contributed by atoms with E-state index in [-0.39, 0.29) is 5.92 Å². The second kappa shape index (κ2) is 4.14. The molecule has 0 aliphatic carbocycles. The number of aliphatic carboxylic acids is 1. The number of rotatable bonds is 2. The van der Waals surface area contributed by atoms with Gasteiger partial charge in [-0.15, -0.1) is 5.10 Å². The molecule has 1 fully saturated rings. The molecule has 0 spiro atoms. The average molecular weight is 218 g/mol. The predicted molar refractivity (Wildman–Crippen MR) is 54.7 cm³/mol. The molecule has 1 unspecified atom stereocenters. The Labute approximate surface area is 92.1 Å². The third-order valence-electron chi connectivity index (χ3n) is 2.66. The fourth-order valence-corrected chi connectivity index (χ4v) is 1.80. The lowest BCUT2D eigenvalue weighted by atomic mass is 10.1. The van der Waals surface area contributed by atoms with Crippen LogP contribution in [0.25, 0.3) is 0 Å². The van der Waals surface area contributed by atoms with Crippen molar-refractivity contribution in [3.05, 3.63) is 17.8 Å². The van der Waals surface area contributed by atoms with Crippen LogP contribution in [0, 0.1) is 17.2 Å². The van der Waals surface area contributed by atoms with Crippen molar-refractivity contribution in [1.82, 2.24) is 10.2 Å². The molecule has 0 saturated carbocycles. The van der Waals surface area contributed by atoms with E-state index in [1.807, 2.05) is 6.07 Å². The van der Waals surface area contributed by atoms with Gasteiger partial charge >= 0.3 is 5.97 Å². The normalized spacial score (nSPS) is 19.4. The van der Waals surface area contributed by atoms with E-state index >= 15 is 0 Å². The van der Waals surface area contributed by atoms with Gasteiger partial charge < -0.3 is 10.0 Å². The van der Waals surface area contributed by atoms with E-state index in [0.29, 0.717) is 30.9 Å². The summed E-state index contributed by atoms with van der Waals surface area (Å²) in [4.78, 5) is 12.6. The van der Waals surface area contributed by atoms with Gasteiger partial charge in [-0.1, -0.05) is 0 Å². The summed E-state index contributed by atoms with van der Waals surface area (Å²) in [5.74, 6) is -0.702. The molecule has 2 heterocycles. The van der Waals surface area contributed by atoms with E-state index < -0.39 is 5.97 Å². The fraction of sp³-hybridized carbons (Fsp3) is 0.400. The van der Waals surface area contributed by atoms with E-state index in [9.17, 15) is 4.79 Å². The summed E-state index contributed by atoms with van der Waals surface area (Å²) in [6.45, 7) is 0.993. The maximum atomic E-state index is 10.8. The lowest BCUT2D eigenvalue weighted by Crippen LogP contribution is -2.24. The van der Waals surface area contributed by atoms with Crippen molar-refractivity contribution >= 4 is 11.8 Å². The largest absolute Gasteiger partial charge is 0.481 e. The van der Waals surface area contributed by atoms with Crippen LogP contribution in [0.15, 0.2) is 12.3 Å². The van der Waals surface area contributed by atoms with Crippen LogP contribution in [-0.4, -0.2) is 34.4 Å². The molecule has 1 aromatic heterocycles. The van der Waals surface area contributed by atoms with Gasteiger partial charge in [0.25, 0.3) is 0 Å². The molecule has 16 heavy (non-hydrogen) atoms. The van der Waals surface area contributed by atoms with Crippen molar-refractivity contribution < 1.29 is 9.90 Å². The van der Waals surface area contributed by atoms with E-state index in [1.165, 1.54) is 6.20 Å². The molecule has 1 aromatic rings. The monoisotopic (exact) mass is 218 g/mol. The number of hydrogen-bond acceptors (Lipinski definition) is 5. The minimum absolute atomic E-state index is 0.381. The zero-order valence-corrected chi connectivity index (χ0v) is 8.50. The van der Waals surface area contributed by atoms with Crippen LogP contribution in [0.3, 0.4) is 0 Å². The fourth-order valence-electron chi connectivity index (χ4n) is 1.80. The standard InChI is InChI=1S/C10H10N4O2/c11-5-7-1-3-12-13-9(7)14-4-2-8(6-14)10(15)16/h1,3,8H,2,4,6H2,(H,15,16). The highest BCUT2D eigenvalue weighted by molar-refractivity contribution is 5.72. The maximum absolute atomic E-state index is 10.8. The Balaban J connectivity index is 2.21. The summed E-state index contributed by atoms with van der Waals surface area (Å²) >= 11 is 0. The van der Waals surface area contributed by atoms with Crippen molar-refractivity contribution in [3.63, 3.8) is 0 Å². The molecule has 2 rings (SSSR count). The molecule has 1 N–H and O–H groups in total. The third-order valence-corrected chi connectivity index (χ3v) is 2.66. The van der Waals surface area contributed by atoms with Crippen molar-refractivity contribution in [2.75, 3.05) is 18.0 Å². The molecule has 82 valence electrons. The molecule has 0 radical (unpaired) electrons. The van der Waals surface area contributed by atoms with E-state index in [4.69, 9.17) is 10.4 Å². The number of nitrogens with zero attached hydrogens (tertiary/aromatic N) is 4. The summed E-state index contributed by atoms with van der Waals surface area (Å²) in [7, 11) is 0. The quantitative estimate of drug-likeness (QED) is 0.765. The van der Waals surface area contributed by atoms with Gasteiger partial charge in [0.2, 0.25) is 0 Å². The van der Waals surface area contributed by atoms with Crippen LogP contribution in [0.4, 0.5) is 5.82 Å². The van der Waals surface area contributed by atoms with Gasteiger partial charge in [-0.05, 0) is 12.5 Å². The minimum atomic E-state index is -0.801. The van der Waals surface area contributed by atoms with Crippen molar-refractivity contribution in [1.29, 1.82) is 5.26 Å². The summed E-state index contributed by atoms with van der Waals surface area (Å²) in [5.41, 5.74) is 0.432. The Morgan fingerprint density at radius 1 is 1.69 bits per heavy atom. The maximum Gasteiger partial charge on any atom is 0.308 e. The summed E-state index contributed by atoms with van der Waals surface area (Å²) in [6, 6.07) is 3.60. The molecule has 6 nitrogen and oxygen atoms in total. The van der Waals surface area contributed by atoms with Gasteiger partial charge in [-0.2, -0.15) is 10.4 Å². The van der Waals surface area contributed by atoms with Gasteiger partial charge in [0.05, 0.1) is 17.7 Å². The first kappa shape index (κ1) is 10.4. The molecule has 1 saturated heterocycles. The molecular weight excluding hydrogens is 208 g/mol. The highest BCUT2D eigenvalue weighted by Crippen LogP contribution is 2.24. The average Bonchev–Trinajstić information content (AvgIpc) is 2.78. The lowest BCUT2D eigenvalue weighted by molar-refractivity contribution is -0.140. The Kier molecular flexibility index (Phi) is 2.68. The zero-order chi connectivity index (χ0) is 11.5. The van der Waals surface area contributed by atoms with Gasteiger partial charge in [0.1, 0.15) is 6.07 Å². The third kappa shape index (κ3) is 1.80. The van der Waals surface area contributed by atoms with Gasteiger partial charge in [0, 0.05) is 13.1 Å². The van der Waals surface area contributed by atoms with E-state index in [1.54, 1.807) is 11.0 Å². The molecule has 0 amide bonds. The van der Waals surface area contributed by atoms with Gasteiger partial charge in [0.15, 0.2) is 5.82 Å². The number of anilines is 1. The second-order valence-electron chi connectivity index (χ2n) is 3.65. The Hall–Kier alpha value is -2.16. The first-order valence-electron chi connectivity index (χ1n) is 4.92. The molecular formula is C10H10N4O2. The number of nitriles is 1. The number of aromatic nitrogens is 2. The van der Waals surface area contributed by atoms with Crippen LogP contribution < -0.4 is 4.90 Å². The van der Waals surface area contributed by atoms with E-state index in [2.05, 4.69) is 10.2 Å². The van der Waals surface area contributed by atoms with E-state index in [0.717, 1.165) is 0 Å². The SMILES string of the molecule is N#Cc1ccnnc1N1CCC(C(=O)O)C1. The van der Waals surface area contributed by atoms with Crippen LogP contribution in [0.2, 0.25) is 0 Å². The Morgan fingerprint density at radius 3 is 3.12 bits per heavy atom. The molecule has 0 bridgehead atoms. The van der Waals surface area contributed by atoms with Crippen LogP contribution in [-0.2, 0) is 4.79 Å². The summed E-state index contributed by atoms with van der Waals surface area (Å²) in [5, 5.41) is 25.4. The molecule has 1 aliphatic rings. The van der Waals surface area contributed by atoms with Crippen molar-refractivity contribution in [3.8, 4) is 6.07 Å². The number of carbonyl (C=O) groups is 1. The zero-order valence-electron chi connectivity index (χ0n) is 8.50. The first-order chi connectivity index (χ1) is 7.72. The van der Waals surface area contributed by atoms with Gasteiger partial charge in [-0.3, -0.25) is 4.79 Å². The molecule has 1 aliphatic heterocycles. The van der Waals surface area contributed by atoms with Crippen LogP contribution in [0.5, 0.6) is 0 Å². The summed E-state index contributed by atoms with van der Waals surface area (Å²) < 4.78 is 0. The Morgan fingerprint density at radius 2 is 2.50 bits per heavy atom. The Bertz CT molecular complexity index is 454. The number of carboxylic acids is 1. The lowest BCUT2D eigenvalue weighted by Gasteiger charge is -2.16. The van der Waals surface area contributed by atoms with Crippen LogP contribution >= 0.6 is 0 Å². The number of hydrogen-bond donors (Lipinski definition) is 1. The number of carboxylic acid groups (broad SMARTS) is 1. The molecule has 1 atom stereocenters. The highest BCUT2D eigenvalue weighted by Gasteiger charge is 2.29. The minimum Gasteiger partial charge on any atom is -0.481 e.